The molecule has 158 valence electrons. The number of aliphatic imine (C=N–C) groups is 1. The molecule has 1 heterocycles. The van der Waals surface area contributed by atoms with Crippen LogP contribution in [0.25, 0.3) is 0 Å². The van der Waals surface area contributed by atoms with E-state index in [1.54, 1.807) is 24.1 Å². The van der Waals surface area contributed by atoms with Crippen LogP contribution in [0.5, 0.6) is 0 Å². The molecule has 28 heavy (non-hydrogen) atoms. The van der Waals surface area contributed by atoms with Crippen molar-refractivity contribution >= 4 is 35.8 Å². The van der Waals surface area contributed by atoms with E-state index in [4.69, 9.17) is 0 Å². The highest BCUT2D eigenvalue weighted by Gasteiger charge is 2.30. The normalized spacial score (nSPS) is 17.1. The number of hydrogen-bond acceptors (Lipinski definition) is 3. The minimum Gasteiger partial charge on any atom is -0.356 e. The lowest BCUT2D eigenvalue weighted by atomic mass is 10.1. The Balaban J connectivity index is 0.00000392. The van der Waals surface area contributed by atoms with Crippen LogP contribution in [0.1, 0.15) is 24.8 Å². The Kier molecular flexibility index (Phi) is 11.4. The fourth-order valence-corrected chi connectivity index (χ4v) is 3.40. The molecule has 0 radical (unpaired) electrons. The van der Waals surface area contributed by atoms with Crippen LogP contribution < -0.4 is 10.6 Å². The zero-order valence-electron chi connectivity index (χ0n) is 17.1. The van der Waals surface area contributed by atoms with E-state index in [1.807, 2.05) is 20.2 Å². The summed E-state index contributed by atoms with van der Waals surface area (Å²) in [7, 11) is 5.36. The van der Waals surface area contributed by atoms with Gasteiger partial charge >= 0.3 is 0 Å². The lowest BCUT2D eigenvalue weighted by Crippen LogP contribution is -2.44. The van der Waals surface area contributed by atoms with E-state index in [2.05, 4.69) is 20.5 Å². The quantitative estimate of drug-likeness (QED) is 0.246. The second-order valence-corrected chi connectivity index (χ2v) is 7.05. The summed E-state index contributed by atoms with van der Waals surface area (Å²) in [6, 6.07) is 6.85. The van der Waals surface area contributed by atoms with Crippen molar-refractivity contribution < 1.29 is 9.18 Å². The smallest absolute Gasteiger partial charge is 0.239 e. The van der Waals surface area contributed by atoms with Crippen LogP contribution in [0.4, 0.5) is 4.39 Å². The number of guanidine groups is 1. The molecule has 0 spiro atoms. The molecule has 1 atom stereocenters. The number of rotatable bonds is 8. The molecule has 2 N–H and O–H groups in total. The van der Waals surface area contributed by atoms with Gasteiger partial charge in [-0.05, 0) is 43.9 Å². The third kappa shape index (κ3) is 7.54. The average Bonchev–Trinajstić information content (AvgIpc) is 3.12. The van der Waals surface area contributed by atoms with Gasteiger partial charge in [0.25, 0.3) is 0 Å². The summed E-state index contributed by atoms with van der Waals surface area (Å²) >= 11 is 0. The SMILES string of the molecule is CN=C(NCCCN1CCCC1C(=O)N(C)C)NCCc1ccccc1F.I. The van der Waals surface area contributed by atoms with Crippen molar-refractivity contribution in [2.45, 2.75) is 31.7 Å². The molecule has 1 unspecified atom stereocenters. The fourth-order valence-electron chi connectivity index (χ4n) is 3.40. The van der Waals surface area contributed by atoms with E-state index in [9.17, 15) is 9.18 Å². The Labute approximate surface area is 185 Å². The summed E-state index contributed by atoms with van der Waals surface area (Å²) < 4.78 is 13.6. The van der Waals surface area contributed by atoms with E-state index in [0.29, 0.717) is 24.5 Å². The van der Waals surface area contributed by atoms with E-state index in [-0.39, 0.29) is 41.7 Å². The van der Waals surface area contributed by atoms with Crippen LogP contribution in [0.2, 0.25) is 0 Å². The average molecular weight is 505 g/mol. The summed E-state index contributed by atoms with van der Waals surface area (Å²) in [4.78, 5) is 20.4. The number of nitrogens with zero attached hydrogens (tertiary/aromatic N) is 3. The highest BCUT2D eigenvalue weighted by Crippen LogP contribution is 2.18. The van der Waals surface area contributed by atoms with Crippen molar-refractivity contribution in [3.8, 4) is 0 Å². The molecule has 0 bridgehead atoms. The summed E-state index contributed by atoms with van der Waals surface area (Å²) in [5, 5.41) is 6.50. The molecule has 1 aliphatic heterocycles. The van der Waals surface area contributed by atoms with E-state index in [1.165, 1.54) is 6.07 Å². The number of likely N-dealkylation sites (tertiary alicyclic amines) is 1. The van der Waals surface area contributed by atoms with Crippen molar-refractivity contribution in [3.63, 3.8) is 0 Å². The standard InChI is InChI=1S/C20H32FN5O.HI/c1-22-20(24-13-11-16-8-4-5-9-17(16)21)23-12-7-15-26-14-6-10-18(26)19(27)25(2)3;/h4-5,8-9,18H,6-7,10-15H2,1-3H3,(H2,22,23,24);1H. The topological polar surface area (TPSA) is 60.0 Å². The first-order valence-corrected chi connectivity index (χ1v) is 9.66. The van der Waals surface area contributed by atoms with Crippen LogP contribution in [0.15, 0.2) is 29.3 Å². The third-order valence-corrected chi connectivity index (χ3v) is 4.87. The third-order valence-electron chi connectivity index (χ3n) is 4.87. The molecule has 0 saturated carbocycles. The van der Waals surface area contributed by atoms with Gasteiger partial charge in [-0.2, -0.15) is 0 Å². The van der Waals surface area contributed by atoms with Crippen LogP contribution in [-0.2, 0) is 11.2 Å². The molecule has 0 aromatic heterocycles. The highest BCUT2D eigenvalue weighted by molar-refractivity contribution is 14.0. The minimum absolute atomic E-state index is 0. The first kappa shape index (κ1) is 24.6. The molecule has 1 saturated heterocycles. The monoisotopic (exact) mass is 505 g/mol. The maximum atomic E-state index is 13.6. The van der Waals surface area contributed by atoms with E-state index >= 15 is 0 Å². The lowest BCUT2D eigenvalue weighted by Gasteiger charge is -2.26. The number of likely N-dealkylation sites (N-methyl/N-ethyl adjacent to an activating group) is 1. The molecule has 2 rings (SSSR count). The maximum absolute atomic E-state index is 13.6. The largest absolute Gasteiger partial charge is 0.356 e. The molecule has 1 aromatic carbocycles. The van der Waals surface area contributed by atoms with Crippen molar-refractivity contribution in [1.82, 2.24) is 20.4 Å². The summed E-state index contributed by atoms with van der Waals surface area (Å²) in [6.45, 7) is 3.27. The van der Waals surface area contributed by atoms with Crippen LogP contribution in [-0.4, -0.2) is 75.0 Å². The van der Waals surface area contributed by atoms with Crippen molar-refractivity contribution in [1.29, 1.82) is 0 Å². The number of benzene rings is 1. The molecule has 0 aliphatic carbocycles. The Morgan fingerprint density at radius 1 is 1.29 bits per heavy atom. The zero-order valence-corrected chi connectivity index (χ0v) is 19.4. The number of carbonyl (C=O) groups excluding carboxylic acids is 1. The molecule has 1 aliphatic rings. The van der Waals surface area contributed by atoms with Gasteiger partial charge in [-0.1, -0.05) is 18.2 Å². The van der Waals surface area contributed by atoms with Crippen LogP contribution in [0.3, 0.4) is 0 Å². The van der Waals surface area contributed by atoms with Crippen molar-refractivity contribution in [2.75, 3.05) is 47.3 Å². The van der Waals surface area contributed by atoms with E-state index in [0.717, 1.165) is 38.9 Å². The Morgan fingerprint density at radius 2 is 2.00 bits per heavy atom. The van der Waals surface area contributed by atoms with Gasteiger partial charge in [0.1, 0.15) is 5.82 Å². The number of nitrogens with one attached hydrogen (secondary N) is 2. The Morgan fingerprint density at radius 3 is 2.68 bits per heavy atom. The Hall–Kier alpha value is -1.42. The molecule has 6 nitrogen and oxygen atoms in total. The maximum Gasteiger partial charge on any atom is 0.239 e. The predicted octanol–water partition coefficient (Wildman–Crippen LogP) is 2.09. The van der Waals surface area contributed by atoms with Gasteiger partial charge in [0.2, 0.25) is 5.91 Å². The zero-order chi connectivity index (χ0) is 19.6. The summed E-state index contributed by atoms with van der Waals surface area (Å²) in [5.74, 6) is 0.745. The number of halogens is 2. The second kappa shape index (κ2) is 12.9. The molecule has 1 amide bonds. The van der Waals surface area contributed by atoms with Crippen LogP contribution >= 0.6 is 24.0 Å². The van der Waals surface area contributed by atoms with Gasteiger partial charge in [0, 0.05) is 40.8 Å². The second-order valence-electron chi connectivity index (χ2n) is 7.05. The molecule has 1 aromatic rings. The van der Waals surface area contributed by atoms with Crippen LogP contribution in [0, 0.1) is 5.82 Å². The van der Waals surface area contributed by atoms with Gasteiger partial charge in [-0.25, -0.2) is 4.39 Å². The highest BCUT2D eigenvalue weighted by atomic mass is 127. The number of hydrogen-bond donors (Lipinski definition) is 2. The first-order chi connectivity index (χ1) is 13.0. The van der Waals surface area contributed by atoms with Gasteiger partial charge in [0.15, 0.2) is 5.96 Å². The summed E-state index contributed by atoms with van der Waals surface area (Å²) in [5.41, 5.74) is 0.700. The lowest BCUT2D eigenvalue weighted by molar-refractivity contribution is -0.133. The van der Waals surface area contributed by atoms with Gasteiger partial charge in [0.05, 0.1) is 6.04 Å². The van der Waals surface area contributed by atoms with Crippen molar-refractivity contribution in [2.24, 2.45) is 4.99 Å². The van der Waals surface area contributed by atoms with E-state index < -0.39 is 0 Å². The van der Waals surface area contributed by atoms with Gasteiger partial charge in [-0.15, -0.1) is 24.0 Å². The first-order valence-electron chi connectivity index (χ1n) is 9.66. The van der Waals surface area contributed by atoms with Gasteiger partial charge in [-0.3, -0.25) is 14.7 Å². The van der Waals surface area contributed by atoms with Gasteiger partial charge < -0.3 is 15.5 Å². The predicted molar refractivity (Wildman–Crippen MR) is 123 cm³/mol. The number of amides is 1. The van der Waals surface area contributed by atoms with Crippen molar-refractivity contribution in [3.05, 3.63) is 35.6 Å². The Bertz CT molecular complexity index is 641. The number of carbonyl (C=O) groups is 1. The summed E-state index contributed by atoms with van der Waals surface area (Å²) in [6.07, 6.45) is 3.57. The molecule has 8 heteroatoms. The molecule has 1 fully saturated rings. The molecular formula is C20H33FIN5O. The fraction of sp³-hybridized carbons (Fsp3) is 0.600. The minimum atomic E-state index is -0.172. The molecular weight excluding hydrogens is 472 g/mol.